The number of amides is 1. The van der Waals surface area contributed by atoms with Crippen LogP contribution in [-0.4, -0.2) is 25.6 Å². The Bertz CT molecular complexity index is 564. The Morgan fingerprint density at radius 2 is 2.13 bits per heavy atom. The number of sulfonamides is 1. The van der Waals surface area contributed by atoms with Gasteiger partial charge in [-0.3, -0.25) is 4.79 Å². The summed E-state index contributed by atoms with van der Waals surface area (Å²) in [5.41, 5.74) is 0.0509. The Hall–Kier alpha value is -1.60. The first-order valence-electron chi connectivity index (χ1n) is 4.11. The van der Waals surface area contributed by atoms with Crippen molar-refractivity contribution < 1.29 is 22.8 Å². The van der Waals surface area contributed by atoms with E-state index in [4.69, 9.17) is 9.57 Å². The molecule has 0 aliphatic carbocycles. The summed E-state index contributed by atoms with van der Waals surface area (Å²) in [6, 6.07) is 4.41. The normalized spacial score (nSPS) is 21.1. The summed E-state index contributed by atoms with van der Waals surface area (Å²) in [5.74, 6) is -0.459. The molecule has 0 saturated carbocycles. The molecule has 2 bridgehead atoms. The van der Waals surface area contributed by atoms with E-state index in [9.17, 15) is 13.2 Å². The molecule has 0 fully saturated rings. The summed E-state index contributed by atoms with van der Waals surface area (Å²) in [7, 11) is -3.84. The maximum Gasteiger partial charge on any atom is 0.297 e. The highest BCUT2D eigenvalue weighted by atomic mass is 32.2. The highest BCUT2D eigenvalue weighted by molar-refractivity contribution is 7.90. The molecule has 2 aliphatic heterocycles. The van der Waals surface area contributed by atoms with Crippen molar-refractivity contribution in [3.05, 3.63) is 23.8 Å². The second-order valence-electron chi connectivity index (χ2n) is 3.06. The fraction of sp³-hybridized carbons (Fsp3) is 0.125. The Labute approximate surface area is 85.0 Å². The van der Waals surface area contributed by atoms with E-state index in [0.717, 1.165) is 0 Å². The molecule has 0 saturated heterocycles. The maximum absolute atomic E-state index is 11.7. The van der Waals surface area contributed by atoms with Crippen molar-refractivity contribution in [3.8, 4) is 5.75 Å². The predicted octanol–water partition coefficient (Wildman–Crippen LogP) is 0.113. The van der Waals surface area contributed by atoms with Gasteiger partial charge < -0.3 is 4.74 Å². The number of carbonyl (C=O) groups excluding carboxylic acids is 1. The van der Waals surface area contributed by atoms with Crippen LogP contribution in [0, 0.1) is 0 Å². The van der Waals surface area contributed by atoms with Gasteiger partial charge in [0.25, 0.3) is 15.9 Å². The number of benzene rings is 1. The smallest absolute Gasteiger partial charge is 0.297 e. The number of ether oxygens (including phenoxy) is 1. The van der Waals surface area contributed by atoms with Crippen LogP contribution in [0.25, 0.3) is 0 Å². The summed E-state index contributed by atoms with van der Waals surface area (Å²) in [4.78, 5) is 16.3. The number of hydrogen-bond donors (Lipinski definition) is 0. The number of carbonyl (C=O) groups is 1. The third-order valence-electron chi connectivity index (χ3n) is 2.25. The molecule has 2 aliphatic rings. The first-order valence-corrected chi connectivity index (χ1v) is 5.55. The van der Waals surface area contributed by atoms with Gasteiger partial charge in [-0.05, 0) is 12.1 Å². The van der Waals surface area contributed by atoms with Crippen LogP contribution in [0.3, 0.4) is 0 Å². The highest BCUT2D eigenvalue weighted by Gasteiger charge is 2.46. The zero-order valence-electron chi connectivity index (χ0n) is 7.34. The van der Waals surface area contributed by atoms with Gasteiger partial charge in [0.1, 0.15) is 16.2 Å². The lowest BCUT2D eigenvalue weighted by Crippen LogP contribution is -2.30. The minimum atomic E-state index is -3.84. The monoisotopic (exact) mass is 227 g/mol. The quantitative estimate of drug-likeness (QED) is 0.629. The summed E-state index contributed by atoms with van der Waals surface area (Å²) >= 11 is 0. The second-order valence-corrected chi connectivity index (χ2v) is 4.78. The van der Waals surface area contributed by atoms with Crippen molar-refractivity contribution >= 4 is 15.9 Å². The van der Waals surface area contributed by atoms with E-state index in [2.05, 4.69) is 0 Å². The van der Waals surface area contributed by atoms with Crippen molar-refractivity contribution in [2.75, 3.05) is 6.79 Å². The Morgan fingerprint density at radius 1 is 1.33 bits per heavy atom. The summed E-state index contributed by atoms with van der Waals surface area (Å²) in [6.07, 6.45) is 0. The molecule has 1 amide bonds. The molecular weight excluding hydrogens is 222 g/mol. The van der Waals surface area contributed by atoms with Crippen molar-refractivity contribution in [2.45, 2.75) is 4.90 Å². The van der Waals surface area contributed by atoms with Crippen molar-refractivity contribution in [3.63, 3.8) is 0 Å². The third-order valence-corrected chi connectivity index (χ3v) is 3.85. The summed E-state index contributed by atoms with van der Waals surface area (Å²) in [6.45, 7) is -0.290. The van der Waals surface area contributed by atoms with E-state index in [1.54, 1.807) is 0 Å². The van der Waals surface area contributed by atoms with E-state index in [0.29, 0.717) is 4.47 Å². The highest BCUT2D eigenvalue weighted by Crippen LogP contribution is 2.38. The van der Waals surface area contributed by atoms with Crippen LogP contribution < -0.4 is 4.74 Å². The van der Waals surface area contributed by atoms with Crippen LogP contribution in [0.4, 0.5) is 0 Å². The SMILES string of the molecule is O=C1c2c3cccc2S(=O)(=O)N1OCO3. The molecule has 6 nitrogen and oxygen atoms in total. The standard InChI is InChI=1S/C8H5NO5S/c10-8-7-5-2-1-3-6(7)15(11,12)9(8)14-4-13-5/h1-3H,4H2. The van der Waals surface area contributed by atoms with Crippen LogP contribution in [-0.2, 0) is 14.9 Å². The van der Waals surface area contributed by atoms with Gasteiger partial charge in [-0.2, -0.15) is 8.42 Å². The zero-order chi connectivity index (χ0) is 10.6. The van der Waals surface area contributed by atoms with Crippen LogP contribution in [0.15, 0.2) is 23.1 Å². The van der Waals surface area contributed by atoms with Gasteiger partial charge in [0.05, 0.1) is 0 Å². The van der Waals surface area contributed by atoms with Gasteiger partial charge in [0, 0.05) is 0 Å². The molecule has 7 heteroatoms. The minimum absolute atomic E-state index is 0.0509. The van der Waals surface area contributed by atoms with Gasteiger partial charge >= 0.3 is 0 Å². The molecule has 0 atom stereocenters. The van der Waals surface area contributed by atoms with Gasteiger partial charge in [0.2, 0.25) is 6.79 Å². The first kappa shape index (κ1) is 8.69. The van der Waals surface area contributed by atoms with E-state index in [-0.39, 0.29) is 23.0 Å². The van der Waals surface area contributed by atoms with Gasteiger partial charge in [-0.25, -0.2) is 4.84 Å². The van der Waals surface area contributed by atoms with E-state index >= 15 is 0 Å². The predicted molar refractivity (Wildman–Crippen MR) is 46.4 cm³/mol. The lowest BCUT2D eigenvalue weighted by Gasteiger charge is -2.13. The second kappa shape index (κ2) is 2.50. The molecule has 78 valence electrons. The number of hydroxylamine groups is 1. The molecular formula is C8H5NO5S. The molecule has 0 spiro atoms. The maximum atomic E-state index is 11.7. The first-order chi connectivity index (χ1) is 7.12. The lowest BCUT2D eigenvalue weighted by atomic mass is 10.2. The summed E-state index contributed by atoms with van der Waals surface area (Å²) in [5, 5.41) is 0. The molecule has 1 aromatic rings. The van der Waals surface area contributed by atoms with Crippen LogP contribution in [0.2, 0.25) is 0 Å². The molecule has 0 N–H and O–H groups in total. The van der Waals surface area contributed by atoms with E-state index in [1.165, 1.54) is 18.2 Å². The zero-order valence-corrected chi connectivity index (χ0v) is 8.15. The largest absolute Gasteiger partial charge is 0.464 e. The minimum Gasteiger partial charge on any atom is -0.464 e. The van der Waals surface area contributed by atoms with Gasteiger partial charge in [-0.15, -0.1) is 0 Å². The number of fused-ring (bicyclic) bond motifs is 1. The number of nitrogens with zero attached hydrogens (tertiary/aromatic N) is 1. The number of hydrogen-bond acceptors (Lipinski definition) is 5. The fourth-order valence-electron chi connectivity index (χ4n) is 1.61. The molecule has 2 heterocycles. The van der Waals surface area contributed by atoms with Gasteiger partial charge in [0.15, 0.2) is 0 Å². The van der Waals surface area contributed by atoms with Crippen LogP contribution in [0.5, 0.6) is 5.75 Å². The Balaban J connectivity index is 2.46. The number of rotatable bonds is 0. The fourth-order valence-corrected chi connectivity index (χ4v) is 2.98. The van der Waals surface area contributed by atoms with Gasteiger partial charge in [-0.1, -0.05) is 10.5 Å². The lowest BCUT2D eigenvalue weighted by molar-refractivity contribution is -0.109. The molecule has 15 heavy (non-hydrogen) atoms. The topological polar surface area (TPSA) is 72.9 Å². The van der Waals surface area contributed by atoms with Crippen LogP contribution >= 0.6 is 0 Å². The van der Waals surface area contributed by atoms with E-state index in [1.807, 2.05) is 0 Å². The summed E-state index contributed by atoms with van der Waals surface area (Å²) < 4.78 is 28.9. The van der Waals surface area contributed by atoms with E-state index < -0.39 is 15.9 Å². The Kier molecular flexibility index (Phi) is 1.45. The molecule has 0 unspecified atom stereocenters. The van der Waals surface area contributed by atoms with Crippen molar-refractivity contribution in [1.82, 2.24) is 4.47 Å². The average molecular weight is 227 g/mol. The third kappa shape index (κ3) is 0.910. The molecule has 1 aromatic carbocycles. The molecule has 0 aromatic heterocycles. The molecule has 3 rings (SSSR count). The van der Waals surface area contributed by atoms with Crippen molar-refractivity contribution in [2.24, 2.45) is 0 Å². The molecule has 0 radical (unpaired) electrons. The Morgan fingerprint density at radius 3 is 2.93 bits per heavy atom. The van der Waals surface area contributed by atoms with Crippen LogP contribution in [0.1, 0.15) is 10.4 Å². The van der Waals surface area contributed by atoms with Crippen molar-refractivity contribution in [1.29, 1.82) is 0 Å². The average Bonchev–Trinajstić information content (AvgIpc) is 2.37.